The lowest BCUT2D eigenvalue weighted by atomic mass is 9.76. The Kier molecular flexibility index (Phi) is 7.51. The molecular weight excluding hydrogens is 426 g/mol. The molecule has 2 N–H and O–H groups in total. The number of thiophene rings is 1. The minimum atomic E-state index is -0.979. The summed E-state index contributed by atoms with van der Waals surface area (Å²) in [6, 6.07) is 11.7. The van der Waals surface area contributed by atoms with E-state index in [4.69, 9.17) is 4.74 Å². The van der Waals surface area contributed by atoms with Gasteiger partial charge in [-0.25, -0.2) is 4.79 Å². The molecule has 7 heteroatoms. The Hall–Kier alpha value is -2.93. The van der Waals surface area contributed by atoms with Crippen molar-refractivity contribution < 1.29 is 24.2 Å². The highest BCUT2D eigenvalue weighted by molar-refractivity contribution is 7.16. The van der Waals surface area contributed by atoms with Gasteiger partial charge in [-0.3, -0.25) is 9.59 Å². The van der Waals surface area contributed by atoms with E-state index in [0.29, 0.717) is 23.4 Å². The molecule has 3 rings (SSSR count). The van der Waals surface area contributed by atoms with Crippen molar-refractivity contribution in [2.45, 2.75) is 46.5 Å². The molecule has 3 atom stereocenters. The minimum absolute atomic E-state index is 0.0225. The highest BCUT2D eigenvalue weighted by atomic mass is 32.1. The van der Waals surface area contributed by atoms with Crippen molar-refractivity contribution in [2.75, 3.05) is 11.9 Å². The second-order valence-corrected chi connectivity index (χ2v) is 9.34. The molecule has 0 radical (unpaired) electrons. The Balaban J connectivity index is 1.92. The number of aliphatic carboxylic acids is 1. The van der Waals surface area contributed by atoms with Gasteiger partial charge in [0.05, 0.1) is 24.0 Å². The van der Waals surface area contributed by atoms with Crippen LogP contribution in [-0.4, -0.2) is 29.6 Å². The molecule has 1 aliphatic carbocycles. The van der Waals surface area contributed by atoms with E-state index >= 15 is 0 Å². The number of hydrogen-bond acceptors (Lipinski definition) is 5. The summed E-state index contributed by atoms with van der Waals surface area (Å²) >= 11 is 1.33. The number of ether oxygens (including phenoxy) is 1. The maximum absolute atomic E-state index is 13.2. The first-order valence-corrected chi connectivity index (χ1v) is 11.6. The normalized spacial score (nSPS) is 19.4. The molecule has 0 bridgehead atoms. The molecule has 1 heterocycles. The van der Waals surface area contributed by atoms with Crippen molar-refractivity contribution in [3.8, 4) is 0 Å². The number of amides is 1. The fourth-order valence-electron chi connectivity index (χ4n) is 4.01. The van der Waals surface area contributed by atoms with Crippen molar-refractivity contribution in [3.63, 3.8) is 0 Å². The summed E-state index contributed by atoms with van der Waals surface area (Å²) in [6.07, 6.45) is 0.743. The molecule has 0 saturated heterocycles. The van der Waals surface area contributed by atoms with E-state index in [2.05, 4.69) is 5.32 Å². The number of carboxylic acid groups (broad SMARTS) is 1. The van der Waals surface area contributed by atoms with E-state index in [-0.39, 0.29) is 18.4 Å². The number of carboxylic acids is 1. The molecule has 1 aromatic carbocycles. The zero-order valence-electron chi connectivity index (χ0n) is 18.8. The molecule has 0 spiro atoms. The van der Waals surface area contributed by atoms with Crippen LogP contribution >= 0.6 is 11.3 Å². The van der Waals surface area contributed by atoms with Gasteiger partial charge in [-0.2, -0.15) is 0 Å². The molecule has 1 aromatic heterocycles. The number of benzene rings is 1. The van der Waals surface area contributed by atoms with E-state index in [1.165, 1.54) is 11.3 Å². The molecule has 0 saturated carbocycles. The lowest BCUT2D eigenvalue weighted by Crippen LogP contribution is -2.36. The number of hydrogen-bond donors (Lipinski definition) is 2. The lowest BCUT2D eigenvalue weighted by molar-refractivity contribution is -0.146. The van der Waals surface area contributed by atoms with Crippen molar-refractivity contribution in [1.82, 2.24) is 0 Å². The fraction of sp³-hybridized carbons (Fsp3) is 0.400. The van der Waals surface area contributed by atoms with Crippen LogP contribution in [0.25, 0.3) is 0 Å². The average Bonchev–Trinajstić information content (AvgIpc) is 3.19. The van der Waals surface area contributed by atoms with Crippen molar-refractivity contribution in [3.05, 3.63) is 63.5 Å². The van der Waals surface area contributed by atoms with E-state index in [1.807, 2.05) is 51.1 Å². The second kappa shape index (κ2) is 10.1. The molecule has 0 fully saturated rings. The number of carbonyl (C=O) groups is 3. The number of allylic oxidation sites excluding steroid dienone is 2. The maximum atomic E-state index is 13.2. The predicted octanol–water partition coefficient (Wildman–Crippen LogP) is 5.46. The van der Waals surface area contributed by atoms with Gasteiger partial charge in [0.2, 0.25) is 5.91 Å². The zero-order valence-corrected chi connectivity index (χ0v) is 19.6. The van der Waals surface area contributed by atoms with E-state index < -0.39 is 23.8 Å². The van der Waals surface area contributed by atoms with E-state index in [0.717, 1.165) is 21.6 Å². The summed E-state index contributed by atoms with van der Waals surface area (Å²) in [4.78, 5) is 38.5. The van der Waals surface area contributed by atoms with Crippen molar-refractivity contribution >= 4 is 34.2 Å². The maximum Gasteiger partial charge on any atom is 0.341 e. The number of anilines is 1. The van der Waals surface area contributed by atoms with Crippen LogP contribution in [0.5, 0.6) is 0 Å². The molecule has 6 nitrogen and oxygen atoms in total. The fourth-order valence-corrected chi connectivity index (χ4v) is 5.14. The van der Waals surface area contributed by atoms with Gasteiger partial charge in [0.1, 0.15) is 5.00 Å². The van der Waals surface area contributed by atoms with Gasteiger partial charge in [0.25, 0.3) is 0 Å². The molecule has 0 unspecified atom stereocenters. The highest BCUT2D eigenvalue weighted by Gasteiger charge is 2.38. The summed E-state index contributed by atoms with van der Waals surface area (Å²) in [6.45, 7) is 7.84. The van der Waals surface area contributed by atoms with Crippen molar-refractivity contribution in [2.24, 2.45) is 11.8 Å². The SMILES string of the molecule is CCOC(=O)c1cc([C@H](C)c2ccccc2)sc1NC(=O)[C@H]1CC(C)=C(C)C[C@H]1C(=O)O. The first kappa shape index (κ1) is 23.7. The first-order valence-electron chi connectivity index (χ1n) is 10.8. The van der Waals surface area contributed by atoms with Crippen LogP contribution in [0.2, 0.25) is 0 Å². The summed E-state index contributed by atoms with van der Waals surface area (Å²) in [7, 11) is 0. The average molecular weight is 456 g/mol. The van der Waals surface area contributed by atoms with Crippen LogP contribution in [0.1, 0.15) is 67.3 Å². The summed E-state index contributed by atoms with van der Waals surface area (Å²) in [5.74, 6) is -3.32. The van der Waals surface area contributed by atoms with Crippen LogP contribution < -0.4 is 5.32 Å². The van der Waals surface area contributed by atoms with Gasteiger partial charge >= 0.3 is 11.9 Å². The molecule has 1 aliphatic rings. The first-order chi connectivity index (χ1) is 15.2. The van der Waals surface area contributed by atoms with Gasteiger partial charge in [0, 0.05) is 10.8 Å². The van der Waals surface area contributed by atoms with Crippen LogP contribution in [0.4, 0.5) is 5.00 Å². The van der Waals surface area contributed by atoms with Gasteiger partial charge in [-0.15, -0.1) is 11.3 Å². The molecule has 0 aliphatic heterocycles. The molecule has 1 amide bonds. The topological polar surface area (TPSA) is 92.7 Å². The Morgan fingerprint density at radius 2 is 1.75 bits per heavy atom. The summed E-state index contributed by atoms with van der Waals surface area (Å²) in [5, 5.41) is 12.9. The lowest BCUT2D eigenvalue weighted by Gasteiger charge is -2.29. The summed E-state index contributed by atoms with van der Waals surface area (Å²) in [5.41, 5.74) is 3.45. The van der Waals surface area contributed by atoms with Crippen LogP contribution in [0, 0.1) is 11.8 Å². The molecular formula is C25H29NO5S. The quantitative estimate of drug-likeness (QED) is 0.427. The Bertz CT molecular complexity index is 1040. The van der Waals surface area contributed by atoms with Gasteiger partial charge in [-0.1, -0.05) is 48.4 Å². The highest BCUT2D eigenvalue weighted by Crippen LogP contribution is 2.39. The third-order valence-corrected chi connectivity index (χ3v) is 7.36. The number of carbonyl (C=O) groups excluding carboxylic acids is 2. The van der Waals surface area contributed by atoms with Crippen molar-refractivity contribution in [1.29, 1.82) is 0 Å². The minimum Gasteiger partial charge on any atom is -0.481 e. The standard InChI is InChI=1S/C25H29NO5S/c1-5-31-25(30)20-13-21(16(4)17-9-7-6-8-10-17)32-23(20)26-22(27)18-11-14(2)15(3)12-19(18)24(28)29/h6-10,13,16,18-19H,5,11-12H2,1-4H3,(H,26,27)(H,28,29)/t16-,18+,19-/m1/s1. The summed E-state index contributed by atoms with van der Waals surface area (Å²) < 4.78 is 5.20. The largest absolute Gasteiger partial charge is 0.481 e. The smallest absolute Gasteiger partial charge is 0.341 e. The predicted molar refractivity (Wildman–Crippen MR) is 125 cm³/mol. The van der Waals surface area contributed by atoms with E-state index in [1.54, 1.807) is 13.0 Å². The molecule has 170 valence electrons. The number of nitrogens with one attached hydrogen (secondary N) is 1. The zero-order chi connectivity index (χ0) is 23.4. The third kappa shape index (κ3) is 5.10. The molecule has 32 heavy (non-hydrogen) atoms. The second-order valence-electron chi connectivity index (χ2n) is 8.25. The molecule has 2 aromatic rings. The van der Waals surface area contributed by atoms with Crippen LogP contribution in [-0.2, 0) is 14.3 Å². The Morgan fingerprint density at radius 1 is 1.12 bits per heavy atom. The Labute approximate surface area is 192 Å². The number of esters is 1. The van der Waals surface area contributed by atoms with Gasteiger partial charge in [0.15, 0.2) is 0 Å². The van der Waals surface area contributed by atoms with Gasteiger partial charge in [-0.05, 0) is 45.2 Å². The monoisotopic (exact) mass is 455 g/mol. The van der Waals surface area contributed by atoms with E-state index in [9.17, 15) is 19.5 Å². The van der Waals surface area contributed by atoms with Gasteiger partial charge < -0.3 is 15.2 Å². The van der Waals surface area contributed by atoms with Crippen LogP contribution in [0.15, 0.2) is 47.5 Å². The van der Waals surface area contributed by atoms with Crippen LogP contribution in [0.3, 0.4) is 0 Å². The Morgan fingerprint density at radius 3 is 2.34 bits per heavy atom. The third-order valence-electron chi connectivity index (χ3n) is 6.13. The number of rotatable bonds is 7.